The number of nitrogens with zero attached hydrogens (tertiary/aromatic N) is 2. The van der Waals surface area contributed by atoms with Crippen molar-refractivity contribution in [3.8, 4) is 0 Å². The third-order valence-electron chi connectivity index (χ3n) is 1.11. The van der Waals surface area contributed by atoms with Gasteiger partial charge in [0.15, 0.2) is 5.69 Å². The summed E-state index contributed by atoms with van der Waals surface area (Å²) in [6.45, 7) is 0. The van der Waals surface area contributed by atoms with E-state index in [2.05, 4.69) is 10.5 Å². The largest absolute Gasteiger partial charge is 0.435 e. The minimum atomic E-state index is -4.36. The third-order valence-corrected chi connectivity index (χ3v) is 1.11. The molecule has 0 saturated carbocycles. The van der Waals surface area contributed by atoms with Crippen LogP contribution in [0.25, 0.3) is 0 Å². The Morgan fingerprint density at radius 2 is 2.18 bits per heavy atom. The monoisotopic (exact) mass is 165 g/mol. The average Bonchev–Trinajstić information content (AvgIpc) is 2.32. The minimum Gasteiger partial charge on any atom is -0.313 e. The van der Waals surface area contributed by atoms with Crippen LogP contribution in [0.4, 0.5) is 13.2 Å². The number of alkyl halides is 3. The topological polar surface area (TPSA) is 29.9 Å². The standard InChI is InChI=1S/C5H6F3N3/c1-9-11-3-2-4(10-11)5(6,7)8/h2-3,9H,1H3. The molecule has 0 atom stereocenters. The summed E-state index contributed by atoms with van der Waals surface area (Å²) < 4.78 is 35.5. The average molecular weight is 165 g/mol. The van der Waals surface area contributed by atoms with Crippen LogP contribution in [0, 0.1) is 0 Å². The van der Waals surface area contributed by atoms with Crippen molar-refractivity contribution in [2.24, 2.45) is 0 Å². The molecular formula is C5H6F3N3. The fourth-order valence-corrected chi connectivity index (χ4v) is 0.600. The van der Waals surface area contributed by atoms with E-state index < -0.39 is 11.9 Å². The van der Waals surface area contributed by atoms with E-state index in [0.717, 1.165) is 10.9 Å². The maximum absolute atomic E-state index is 11.8. The minimum absolute atomic E-state index is 0.896. The summed E-state index contributed by atoms with van der Waals surface area (Å²) in [7, 11) is 1.48. The van der Waals surface area contributed by atoms with E-state index in [1.807, 2.05) is 0 Å². The summed E-state index contributed by atoms with van der Waals surface area (Å²) in [5.41, 5.74) is 1.53. The molecular weight excluding hydrogens is 159 g/mol. The Bertz CT molecular complexity index is 239. The van der Waals surface area contributed by atoms with Gasteiger partial charge < -0.3 is 5.43 Å². The summed E-state index contributed by atoms with van der Waals surface area (Å²) in [6.07, 6.45) is -3.16. The van der Waals surface area contributed by atoms with Crippen molar-refractivity contribution in [2.75, 3.05) is 12.5 Å². The van der Waals surface area contributed by atoms with E-state index in [4.69, 9.17) is 0 Å². The molecule has 0 aliphatic heterocycles. The lowest BCUT2D eigenvalue weighted by Gasteiger charge is -2.00. The van der Waals surface area contributed by atoms with Crippen LogP contribution < -0.4 is 5.43 Å². The zero-order valence-electron chi connectivity index (χ0n) is 5.68. The first-order valence-corrected chi connectivity index (χ1v) is 2.84. The Hall–Kier alpha value is -1.20. The van der Waals surface area contributed by atoms with Crippen molar-refractivity contribution >= 4 is 0 Å². The first kappa shape index (κ1) is 7.90. The van der Waals surface area contributed by atoms with Gasteiger partial charge in [0.25, 0.3) is 0 Å². The molecule has 6 heteroatoms. The van der Waals surface area contributed by atoms with Gasteiger partial charge in [0, 0.05) is 13.2 Å². The SMILES string of the molecule is CNn1ccc(C(F)(F)F)n1. The van der Waals surface area contributed by atoms with Gasteiger partial charge in [0.2, 0.25) is 0 Å². The molecule has 1 N–H and O–H groups in total. The Labute approximate surface area is 60.8 Å². The van der Waals surface area contributed by atoms with Crippen molar-refractivity contribution in [1.82, 2.24) is 9.89 Å². The highest BCUT2D eigenvalue weighted by Crippen LogP contribution is 2.26. The molecule has 0 aliphatic carbocycles. The zero-order valence-corrected chi connectivity index (χ0v) is 5.68. The van der Waals surface area contributed by atoms with Crippen LogP contribution in [-0.2, 0) is 6.18 Å². The van der Waals surface area contributed by atoms with Gasteiger partial charge in [0.1, 0.15) is 0 Å². The smallest absolute Gasteiger partial charge is 0.313 e. The second-order valence-corrected chi connectivity index (χ2v) is 1.87. The lowest BCUT2D eigenvalue weighted by Crippen LogP contribution is -2.12. The molecule has 0 spiro atoms. The number of hydrogen-bond donors (Lipinski definition) is 1. The molecule has 0 fully saturated rings. The predicted molar refractivity (Wildman–Crippen MR) is 32.5 cm³/mol. The first-order chi connectivity index (χ1) is 5.04. The quantitative estimate of drug-likeness (QED) is 0.674. The number of hydrogen-bond acceptors (Lipinski definition) is 2. The number of aromatic nitrogens is 2. The van der Waals surface area contributed by atoms with Crippen LogP contribution in [0.3, 0.4) is 0 Å². The van der Waals surface area contributed by atoms with Crippen molar-refractivity contribution < 1.29 is 13.2 Å². The molecule has 0 aromatic carbocycles. The molecule has 0 amide bonds. The van der Waals surface area contributed by atoms with Crippen molar-refractivity contribution in [1.29, 1.82) is 0 Å². The highest BCUT2D eigenvalue weighted by molar-refractivity contribution is 5.03. The lowest BCUT2D eigenvalue weighted by molar-refractivity contribution is -0.141. The van der Waals surface area contributed by atoms with E-state index in [1.165, 1.54) is 13.2 Å². The zero-order chi connectivity index (χ0) is 8.48. The van der Waals surface area contributed by atoms with Crippen LogP contribution in [0.5, 0.6) is 0 Å². The maximum atomic E-state index is 11.8. The second-order valence-electron chi connectivity index (χ2n) is 1.87. The Morgan fingerprint density at radius 1 is 1.55 bits per heavy atom. The van der Waals surface area contributed by atoms with Crippen molar-refractivity contribution in [2.45, 2.75) is 6.18 Å². The number of nitrogens with one attached hydrogen (secondary N) is 1. The van der Waals surface area contributed by atoms with E-state index in [0.29, 0.717) is 0 Å². The summed E-state index contributed by atoms with van der Waals surface area (Å²) in [4.78, 5) is 0.989. The Kier molecular flexibility index (Phi) is 1.76. The normalized spacial score (nSPS) is 11.6. The summed E-state index contributed by atoms with van der Waals surface area (Å²) in [5.74, 6) is 0. The van der Waals surface area contributed by atoms with Crippen LogP contribution in [0.2, 0.25) is 0 Å². The maximum Gasteiger partial charge on any atom is 0.435 e. The van der Waals surface area contributed by atoms with Crippen LogP contribution >= 0.6 is 0 Å². The fourth-order valence-electron chi connectivity index (χ4n) is 0.600. The highest BCUT2D eigenvalue weighted by Gasteiger charge is 2.33. The van der Waals surface area contributed by atoms with Gasteiger partial charge in [-0.15, -0.1) is 5.10 Å². The van der Waals surface area contributed by atoms with Crippen molar-refractivity contribution in [3.63, 3.8) is 0 Å². The molecule has 1 aromatic rings. The van der Waals surface area contributed by atoms with E-state index in [1.54, 1.807) is 0 Å². The fraction of sp³-hybridized carbons (Fsp3) is 0.400. The molecule has 0 saturated heterocycles. The van der Waals surface area contributed by atoms with E-state index in [-0.39, 0.29) is 0 Å². The van der Waals surface area contributed by atoms with E-state index >= 15 is 0 Å². The van der Waals surface area contributed by atoms with Crippen molar-refractivity contribution in [3.05, 3.63) is 18.0 Å². The first-order valence-electron chi connectivity index (χ1n) is 2.84. The number of rotatable bonds is 1. The molecule has 11 heavy (non-hydrogen) atoms. The van der Waals surface area contributed by atoms with Gasteiger partial charge in [-0.25, -0.2) is 0 Å². The molecule has 0 radical (unpaired) electrons. The van der Waals surface area contributed by atoms with Gasteiger partial charge in [0.05, 0.1) is 0 Å². The highest BCUT2D eigenvalue weighted by atomic mass is 19.4. The van der Waals surface area contributed by atoms with E-state index in [9.17, 15) is 13.2 Å². The van der Waals surface area contributed by atoms with Gasteiger partial charge in [-0.2, -0.15) is 18.0 Å². The second kappa shape index (κ2) is 2.44. The molecule has 3 nitrogen and oxygen atoms in total. The third kappa shape index (κ3) is 1.63. The van der Waals surface area contributed by atoms with Crippen LogP contribution in [0.1, 0.15) is 5.69 Å². The summed E-state index contributed by atoms with van der Waals surface area (Å²) in [6, 6.07) is 0.899. The molecule has 0 unspecified atom stereocenters. The van der Waals surface area contributed by atoms with Gasteiger partial charge in [-0.3, -0.25) is 0 Å². The summed E-state index contributed by atoms with van der Waals surface area (Å²) in [5, 5.41) is 3.18. The van der Waals surface area contributed by atoms with Gasteiger partial charge in [-0.05, 0) is 6.07 Å². The molecule has 0 bridgehead atoms. The molecule has 62 valence electrons. The van der Waals surface area contributed by atoms with Crippen LogP contribution in [-0.4, -0.2) is 16.9 Å². The van der Waals surface area contributed by atoms with Gasteiger partial charge in [-0.1, -0.05) is 0 Å². The lowest BCUT2D eigenvalue weighted by atomic mass is 10.4. The molecule has 1 rings (SSSR count). The van der Waals surface area contributed by atoms with Crippen LogP contribution in [0.15, 0.2) is 12.3 Å². The molecule has 0 aliphatic rings. The molecule has 1 aromatic heterocycles. The Morgan fingerprint density at radius 3 is 2.45 bits per heavy atom. The van der Waals surface area contributed by atoms with Gasteiger partial charge >= 0.3 is 6.18 Å². The Balaban J connectivity index is 2.89. The number of halogens is 3. The molecule has 1 heterocycles. The summed E-state index contributed by atoms with van der Waals surface area (Å²) >= 11 is 0. The predicted octanol–water partition coefficient (Wildman–Crippen LogP) is 1.08.